The zero-order chi connectivity index (χ0) is 11.5. The zero-order valence-electron chi connectivity index (χ0n) is 9.28. The van der Waals surface area contributed by atoms with Crippen LogP contribution in [0.15, 0.2) is 10.7 Å². The Morgan fingerprint density at radius 2 is 2.31 bits per heavy atom. The number of hydrogen-bond acceptors (Lipinski definition) is 4. The van der Waals surface area contributed by atoms with Gasteiger partial charge in [0.15, 0.2) is 0 Å². The molecule has 2 rings (SSSR count). The van der Waals surface area contributed by atoms with Crippen molar-refractivity contribution in [2.75, 3.05) is 11.9 Å². The highest BCUT2D eigenvalue weighted by molar-refractivity contribution is 9.10. The molecule has 0 radical (unpaired) electrons. The van der Waals surface area contributed by atoms with E-state index in [1.807, 2.05) is 13.0 Å². The van der Waals surface area contributed by atoms with Crippen molar-refractivity contribution < 1.29 is 5.11 Å². The summed E-state index contributed by atoms with van der Waals surface area (Å²) in [5.41, 5.74) is 0. The lowest BCUT2D eigenvalue weighted by atomic mass is 10.1. The smallest absolute Gasteiger partial charge is 0.130 e. The lowest BCUT2D eigenvalue weighted by molar-refractivity contribution is 0.178. The van der Waals surface area contributed by atoms with Gasteiger partial charge < -0.3 is 10.4 Å². The van der Waals surface area contributed by atoms with Gasteiger partial charge in [-0.25, -0.2) is 9.97 Å². The van der Waals surface area contributed by atoms with Gasteiger partial charge in [0.05, 0.1) is 6.10 Å². The molecule has 2 N–H and O–H groups in total. The Balaban J connectivity index is 1.89. The Morgan fingerprint density at radius 3 is 2.94 bits per heavy atom. The molecule has 0 saturated heterocycles. The van der Waals surface area contributed by atoms with Gasteiger partial charge in [-0.1, -0.05) is 0 Å². The number of nitrogens with one attached hydrogen (secondary N) is 1. The maximum absolute atomic E-state index is 9.42. The molecule has 5 heteroatoms. The first-order valence-electron chi connectivity index (χ1n) is 5.56. The fraction of sp³-hybridized carbons (Fsp3) is 0.636. The highest BCUT2D eigenvalue weighted by Gasteiger charge is 2.22. The number of hydrogen-bond donors (Lipinski definition) is 2. The number of rotatable bonds is 3. The van der Waals surface area contributed by atoms with E-state index in [-0.39, 0.29) is 6.10 Å². The van der Waals surface area contributed by atoms with E-state index < -0.39 is 0 Å². The zero-order valence-corrected chi connectivity index (χ0v) is 10.9. The summed E-state index contributed by atoms with van der Waals surface area (Å²) < 4.78 is 0.800. The highest BCUT2D eigenvalue weighted by Crippen LogP contribution is 2.25. The molecule has 1 aromatic rings. The van der Waals surface area contributed by atoms with Crippen molar-refractivity contribution in [2.45, 2.75) is 32.3 Å². The van der Waals surface area contributed by atoms with Crippen molar-refractivity contribution in [3.63, 3.8) is 0 Å². The van der Waals surface area contributed by atoms with E-state index in [1.165, 1.54) is 0 Å². The van der Waals surface area contributed by atoms with Crippen molar-refractivity contribution in [2.24, 2.45) is 5.92 Å². The quantitative estimate of drug-likeness (QED) is 0.836. The van der Waals surface area contributed by atoms with Gasteiger partial charge in [-0.05, 0) is 48.0 Å². The third-order valence-electron chi connectivity index (χ3n) is 2.89. The molecular formula is C11H16BrN3O. The summed E-state index contributed by atoms with van der Waals surface area (Å²) in [5.74, 6) is 2.16. The third kappa shape index (κ3) is 3.15. The van der Waals surface area contributed by atoms with Crippen molar-refractivity contribution in [3.8, 4) is 0 Å². The van der Waals surface area contributed by atoms with E-state index in [2.05, 4.69) is 31.2 Å². The van der Waals surface area contributed by atoms with Gasteiger partial charge in [0, 0.05) is 12.6 Å². The average molecular weight is 286 g/mol. The second-order valence-corrected chi connectivity index (χ2v) is 5.15. The van der Waals surface area contributed by atoms with Crippen LogP contribution in [0, 0.1) is 12.8 Å². The summed E-state index contributed by atoms with van der Waals surface area (Å²) >= 11 is 3.34. The van der Waals surface area contributed by atoms with Crippen molar-refractivity contribution in [1.29, 1.82) is 0 Å². The molecule has 0 spiro atoms. The Labute approximate surface area is 104 Å². The molecule has 16 heavy (non-hydrogen) atoms. The van der Waals surface area contributed by atoms with Gasteiger partial charge in [0.2, 0.25) is 0 Å². The second kappa shape index (κ2) is 5.10. The van der Waals surface area contributed by atoms with Crippen LogP contribution in [0.4, 0.5) is 5.82 Å². The van der Waals surface area contributed by atoms with Gasteiger partial charge in [-0.15, -0.1) is 0 Å². The predicted molar refractivity (Wildman–Crippen MR) is 66.3 cm³/mol. The van der Waals surface area contributed by atoms with Crippen molar-refractivity contribution in [3.05, 3.63) is 16.5 Å². The minimum Gasteiger partial charge on any atom is -0.393 e. The van der Waals surface area contributed by atoms with Crippen LogP contribution in [0.3, 0.4) is 0 Å². The fourth-order valence-corrected chi connectivity index (χ4v) is 2.58. The summed E-state index contributed by atoms with van der Waals surface area (Å²) in [6, 6.07) is 1.87. The van der Waals surface area contributed by atoms with E-state index in [1.54, 1.807) is 0 Å². The molecule has 4 nitrogen and oxygen atoms in total. The second-order valence-electron chi connectivity index (χ2n) is 4.34. The molecule has 1 heterocycles. The molecule has 88 valence electrons. The summed E-state index contributed by atoms with van der Waals surface area (Å²) in [5, 5.41) is 12.7. The van der Waals surface area contributed by atoms with E-state index in [4.69, 9.17) is 0 Å². The summed E-state index contributed by atoms with van der Waals surface area (Å²) in [6.45, 7) is 2.75. The van der Waals surface area contributed by atoms with Crippen LogP contribution in [-0.2, 0) is 0 Å². The number of aliphatic hydroxyl groups excluding tert-OH is 1. The molecule has 1 aromatic heterocycles. The molecule has 0 amide bonds. The first kappa shape index (κ1) is 11.8. The fourth-order valence-electron chi connectivity index (χ4n) is 2.10. The van der Waals surface area contributed by atoms with Crippen LogP contribution in [0.2, 0.25) is 0 Å². The standard InChI is InChI=1S/C11H16BrN3O/c1-7-14-10(12)5-11(15-7)13-6-8-2-3-9(16)4-8/h5,8-9,16H,2-4,6H2,1H3,(H,13,14,15). The SMILES string of the molecule is Cc1nc(Br)cc(NCC2CCC(O)C2)n1. The summed E-state index contributed by atoms with van der Waals surface area (Å²) in [6.07, 6.45) is 2.82. The maximum Gasteiger partial charge on any atom is 0.130 e. The number of nitrogens with zero attached hydrogens (tertiary/aromatic N) is 2. The number of aromatic nitrogens is 2. The van der Waals surface area contributed by atoms with Crippen LogP contribution in [-0.4, -0.2) is 27.7 Å². The van der Waals surface area contributed by atoms with Crippen LogP contribution in [0.25, 0.3) is 0 Å². The Morgan fingerprint density at radius 1 is 1.50 bits per heavy atom. The molecule has 2 atom stereocenters. The van der Waals surface area contributed by atoms with Crippen LogP contribution >= 0.6 is 15.9 Å². The molecule has 0 bridgehead atoms. The topological polar surface area (TPSA) is 58.0 Å². The van der Waals surface area contributed by atoms with E-state index in [0.717, 1.165) is 42.1 Å². The van der Waals surface area contributed by atoms with Crippen LogP contribution < -0.4 is 5.32 Å². The normalized spacial score (nSPS) is 24.7. The van der Waals surface area contributed by atoms with Gasteiger partial charge >= 0.3 is 0 Å². The Hall–Kier alpha value is -0.680. The Kier molecular flexibility index (Phi) is 3.76. The largest absolute Gasteiger partial charge is 0.393 e. The predicted octanol–water partition coefficient (Wildman–Crippen LogP) is 2.12. The van der Waals surface area contributed by atoms with Crippen LogP contribution in [0.5, 0.6) is 0 Å². The minimum atomic E-state index is -0.106. The monoisotopic (exact) mass is 285 g/mol. The minimum absolute atomic E-state index is 0.106. The molecule has 1 saturated carbocycles. The molecule has 1 aliphatic rings. The highest BCUT2D eigenvalue weighted by atomic mass is 79.9. The molecular weight excluding hydrogens is 270 g/mol. The van der Waals surface area contributed by atoms with Gasteiger partial charge in [-0.2, -0.15) is 0 Å². The lowest BCUT2D eigenvalue weighted by Gasteiger charge is -2.11. The number of aryl methyl sites for hydroxylation is 1. The van der Waals surface area contributed by atoms with Gasteiger partial charge in [0.25, 0.3) is 0 Å². The van der Waals surface area contributed by atoms with Gasteiger partial charge in [0.1, 0.15) is 16.2 Å². The van der Waals surface area contributed by atoms with E-state index >= 15 is 0 Å². The first-order valence-corrected chi connectivity index (χ1v) is 6.36. The third-order valence-corrected chi connectivity index (χ3v) is 3.30. The molecule has 0 aromatic carbocycles. The molecule has 1 aliphatic carbocycles. The Bertz CT molecular complexity index is 352. The maximum atomic E-state index is 9.42. The molecule has 0 aliphatic heterocycles. The van der Waals surface area contributed by atoms with Crippen LogP contribution in [0.1, 0.15) is 25.1 Å². The molecule has 2 unspecified atom stereocenters. The van der Waals surface area contributed by atoms with E-state index in [0.29, 0.717) is 5.92 Å². The number of anilines is 1. The molecule has 1 fully saturated rings. The first-order chi connectivity index (χ1) is 7.63. The number of halogens is 1. The van der Waals surface area contributed by atoms with Crippen molar-refractivity contribution >= 4 is 21.7 Å². The van der Waals surface area contributed by atoms with Gasteiger partial charge in [-0.3, -0.25) is 0 Å². The van der Waals surface area contributed by atoms with E-state index in [9.17, 15) is 5.11 Å². The van der Waals surface area contributed by atoms with Crippen molar-refractivity contribution in [1.82, 2.24) is 9.97 Å². The number of aliphatic hydroxyl groups is 1. The average Bonchev–Trinajstić information content (AvgIpc) is 2.60. The summed E-state index contributed by atoms with van der Waals surface area (Å²) in [4.78, 5) is 8.45. The lowest BCUT2D eigenvalue weighted by Crippen LogP contribution is -2.13. The summed E-state index contributed by atoms with van der Waals surface area (Å²) in [7, 11) is 0.